The van der Waals surface area contributed by atoms with Crippen molar-refractivity contribution in [1.82, 2.24) is 15.1 Å². The van der Waals surface area contributed by atoms with Crippen LogP contribution in [0.5, 0.6) is 0 Å². The molecule has 1 N–H and O–H groups in total. The molecule has 0 aromatic carbocycles. The number of aliphatic imine (C=N–C) groups is 1. The number of allylic oxidation sites excluding steroid dienone is 3. The second-order valence-electron chi connectivity index (χ2n) is 6.15. The Labute approximate surface area is 162 Å². The number of halogens is 1. The van der Waals surface area contributed by atoms with Gasteiger partial charge in [-0.05, 0) is 31.7 Å². The van der Waals surface area contributed by atoms with E-state index in [-0.39, 0.29) is 24.8 Å². The van der Waals surface area contributed by atoms with Gasteiger partial charge >= 0.3 is 6.03 Å². The molecule has 8 heteroatoms. The van der Waals surface area contributed by atoms with Crippen LogP contribution in [-0.2, 0) is 9.59 Å². The van der Waals surface area contributed by atoms with Crippen molar-refractivity contribution in [3.05, 3.63) is 22.7 Å². The van der Waals surface area contributed by atoms with Crippen molar-refractivity contribution in [3.8, 4) is 0 Å². The van der Waals surface area contributed by atoms with E-state index in [1.807, 2.05) is 0 Å². The summed E-state index contributed by atoms with van der Waals surface area (Å²) in [6.45, 7) is 7.69. The van der Waals surface area contributed by atoms with E-state index in [0.717, 1.165) is 29.0 Å². The molecule has 2 rings (SSSR count). The summed E-state index contributed by atoms with van der Waals surface area (Å²) in [6.07, 6.45) is 5.86. The monoisotopic (exact) mass is 424 g/mol. The van der Waals surface area contributed by atoms with Crippen LogP contribution in [0.1, 0.15) is 26.7 Å². The van der Waals surface area contributed by atoms with Gasteiger partial charge in [0.1, 0.15) is 5.92 Å². The van der Waals surface area contributed by atoms with Gasteiger partial charge in [-0.1, -0.05) is 35.9 Å². The highest BCUT2D eigenvalue weighted by molar-refractivity contribution is 9.11. The van der Waals surface area contributed by atoms with Gasteiger partial charge in [0.25, 0.3) is 0 Å². The quantitative estimate of drug-likeness (QED) is 0.614. The highest BCUT2D eigenvalue weighted by Crippen LogP contribution is 2.24. The van der Waals surface area contributed by atoms with Gasteiger partial charge in [0.15, 0.2) is 0 Å². The summed E-state index contributed by atoms with van der Waals surface area (Å²) in [4.78, 5) is 43.8. The van der Waals surface area contributed by atoms with Gasteiger partial charge in [0.05, 0.1) is 5.71 Å². The molecule has 1 heterocycles. The van der Waals surface area contributed by atoms with Gasteiger partial charge in [-0.3, -0.25) is 14.5 Å². The Morgan fingerprint density at radius 2 is 2.04 bits per heavy atom. The molecule has 142 valence electrons. The van der Waals surface area contributed by atoms with Gasteiger partial charge in [-0.15, -0.1) is 0 Å². The number of hydrogen-bond donors (Lipinski definition) is 1. The van der Waals surface area contributed by atoms with Crippen molar-refractivity contribution in [2.75, 3.05) is 32.7 Å². The summed E-state index contributed by atoms with van der Waals surface area (Å²) >= 11 is 3.34. The number of nitrogens with one attached hydrogen (secondary N) is 1. The van der Waals surface area contributed by atoms with E-state index in [2.05, 4.69) is 45.0 Å². The van der Waals surface area contributed by atoms with E-state index in [4.69, 9.17) is 0 Å². The van der Waals surface area contributed by atoms with E-state index >= 15 is 0 Å². The summed E-state index contributed by atoms with van der Waals surface area (Å²) in [6, 6.07) is -0.556. The number of likely N-dealkylation sites (N-methyl/N-ethyl adjacent to an activating group) is 1. The van der Waals surface area contributed by atoms with Gasteiger partial charge in [0.2, 0.25) is 11.8 Å². The van der Waals surface area contributed by atoms with Crippen LogP contribution >= 0.6 is 15.9 Å². The Morgan fingerprint density at radius 1 is 1.31 bits per heavy atom. The van der Waals surface area contributed by atoms with Crippen LogP contribution in [0.2, 0.25) is 0 Å². The first-order chi connectivity index (χ1) is 12.5. The van der Waals surface area contributed by atoms with E-state index in [9.17, 15) is 14.4 Å². The molecule has 1 unspecified atom stereocenters. The standard InChI is InChI=1S/C18H25BrN4O3/c1-3-22(4-2)11-9-20-16(24)6-5-10-23-17(25)14-12-13(19)7-8-15(14)21-18(23)26/h7-8,12,14H,3-6,9-11H2,1-2H3,(H,20,24). The Balaban J connectivity index is 1.78. The van der Waals surface area contributed by atoms with Crippen molar-refractivity contribution in [2.24, 2.45) is 10.9 Å². The average molecular weight is 425 g/mol. The number of urea groups is 1. The molecule has 0 aromatic heterocycles. The van der Waals surface area contributed by atoms with Crippen molar-refractivity contribution >= 4 is 39.5 Å². The number of amides is 4. The number of carbonyl (C=O) groups is 3. The van der Waals surface area contributed by atoms with E-state index in [1.165, 1.54) is 0 Å². The first-order valence-electron chi connectivity index (χ1n) is 8.94. The molecule has 0 radical (unpaired) electrons. The fourth-order valence-corrected chi connectivity index (χ4v) is 3.29. The number of imide groups is 1. The molecule has 1 atom stereocenters. The largest absolute Gasteiger partial charge is 0.355 e. The number of fused-ring (bicyclic) bond motifs is 1. The molecule has 1 aliphatic heterocycles. The zero-order chi connectivity index (χ0) is 19.1. The Morgan fingerprint density at radius 3 is 2.73 bits per heavy atom. The maximum atomic E-state index is 12.5. The van der Waals surface area contributed by atoms with Crippen LogP contribution in [0.4, 0.5) is 4.79 Å². The second kappa shape index (κ2) is 9.78. The zero-order valence-electron chi connectivity index (χ0n) is 15.2. The maximum Gasteiger partial charge on any atom is 0.350 e. The molecule has 7 nitrogen and oxygen atoms in total. The molecular weight excluding hydrogens is 400 g/mol. The highest BCUT2D eigenvalue weighted by Gasteiger charge is 2.36. The van der Waals surface area contributed by atoms with Crippen LogP contribution in [0, 0.1) is 5.92 Å². The SMILES string of the molecule is CCN(CC)CCNC(=O)CCCN1C(=O)N=C2C=CC(Br)=CC2C1=O. The first-order valence-corrected chi connectivity index (χ1v) is 9.74. The Hall–Kier alpha value is -1.80. The molecule has 26 heavy (non-hydrogen) atoms. The molecule has 0 saturated heterocycles. The van der Waals surface area contributed by atoms with Gasteiger partial charge in [-0.2, -0.15) is 4.99 Å². The van der Waals surface area contributed by atoms with Gasteiger partial charge in [-0.25, -0.2) is 4.79 Å². The van der Waals surface area contributed by atoms with Crippen LogP contribution in [0.15, 0.2) is 27.7 Å². The van der Waals surface area contributed by atoms with Crippen molar-refractivity contribution in [3.63, 3.8) is 0 Å². The summed E-state index contributed by atoms with van der Waals surface area (Å²) in [7, 11) is 0. The topological polar surface area (TPSA) is 82.1 Å². The fourth-order valence-electron chi connectivity index (χ4n) is 2.89. The summed E-state index contributed by atoms with van der Waals surface area (Å²) < 4.78 is 0.789. The zero-order valence-corrected chi connectivity index (χ0v) is 16.8. The smallest absolute Gasteiger partial charge is 0.350 e. The molecular formula is C18H25BrN4O3. The second-order valence-corrected chi connectivity index (χ2v) is 7.07. The minimum absolute atomic E-state index is 0.0681. The lowest BCUT2D eigenvalue weighted by atomic mass is 9.95. The third-order valence-corrected chi connectivity index (χ3v) is 5.00. The van der Waals surface area contributed by atoms with Crippen LogP contribution in [0.25, 0.3) is 0 Å². The van der Waals surface area contributed by atoms with Crippen LogP contribution in [0.3, 0.4) is 0 Å². The molecule has 0 aromatic rings. The first kappa shape index (κ1) is 20.5. The lowest BCUT2D eigenvalue weighted by Gasteiger charge is -2.28. The molecule has 0 bridgehead atoms. The number of nitrogens with zero attached hydrogens (tertiary/aromatic N) is 3. The van der Waals surface area contributed by atoms with Crippen LogP contribution < -0.4 is 5.32 Å². The van der Waals surface area contributed by atoms with E-state index < -0.39 is 11.9 Å². The minimum atomic E-state index is -0.556. The van der Waals surface area contributed by atoms with E-state index in [1.54, 1.807) is 18.2 Å². The fraction of sp³-hybridized carbons (Fsp3) is 0.556. The van der Waals surface area contributed by atoms with Gasteiger partial charge in [0, 0.05) is 30.5 Å². The predicted molar refractivity (Wildman–Crippen MR) is 104 cm³/mol. The maximum absolute atomic E-state index is 12.5. The third-order valence-electron chi connectivity index (χ3n) is 4.48. The summed E-state index contributed by atoms with van der Waals surface area (Å²) in [5.41, 5.74) is 0.466. The minimum Gasteiger partial charge on any atom is -0.355 e. The summed E-state index contributed by atoms with van der Waals surface area (Å²) in [5.74, 6) is -0.889. The average Bonchev–Trinajstić information content (AvgIpc) is 2.62. The van der Waals surface area contributed by atoms with Crippen LogP contribution in [-0.4, -0.2) is 66.1 Å². The van der Waals surface area contributed by atoms with Crippen molar-refractivity contribution in [1.29, 1.82) is 0 Å². The summed E-state index contributed by atoms with van der Waals surface area (Å²) in [5, 5.41) is 2.87. The number of carbonyl (C=O) groups excluding carboxylic acids is 3. The van der Waals surface area contributed by atoms with Gasteiger partial charge < -0.3 is 10.2 Å². The molecule has 2 aliphatic rings. The highest BCUT2D eigenvalue weighted by atomic mass is 79.9. The van der Waals surface area contributed by atoms with Crippen molar-refractivity contribution < 1.29 is 14.4 Å². The Kier molecular flexibility index (Phi) is 7.71. The predicted octanol–water partition coefficient (Wildman–Crippen LogP) is 2.09. The Bertz CT molecular complexity index is 653. The molecule has 0 fully saturated rings. The van der Waals surface area contributed by atoms with E-state index in [0.29, 0.717) is 18.7 Å². The lowest BCUT2D eigenvalue weighted by Crippen LogP contribution is -2.46. The number of rotatable bonds is 9. The molecule has 1 aliphatic carbocycles. The normalized spacial score (nSPS) is 19.4. The lowest BCUT2D eigenvalue weighted by molar-refractivity contribution is -0.130. The molecule has 0 spiro atoms. The molecule has 4 amide bonds. The third kappa shape index (κ3) is 5.35. The number of hydrogen-bond acceptors (Lipinski definition) is 4. The molecule has 0 saturated carbocycles. The van der Waals surface area contributed by atoms with Crippen molar-refractivity contribution in [2.45, 2.75) is 26.7 Å².